The summed E-state index contributed by atoms with van der Waals surface area (Å²) in [7, 11) is 0. The summed E-state index contributed by atoms with van der Waals surface area (Å²) in [6.07, 6.45) is 0. The van der Waals surface area contributed by atoms with Crippen molar-refractivity contribution in [3.05, 3.63) is 11.5 Å². The molecule has 12 heavy (non-hydrogen) atoms. The summed E-state index contributed by atoms with van der Waals surface area (Å²) in [6.45, 7) is 1.93. The number of carbonyl (C=O) groups excluding carboxylic acids is 2. The van der Waals surface area contributed by atoms with Gasteiger partial charge in [0.15, 0.2) is 0 Å². The third kappa shape index (κ3) is 22800. The molecule has 0 aromatic heterocycles. The molecule has 0 radical (unpaired) electrons. The third-order valence-electron chi connectivity index (χ3n) is 0. The van der Waals surface area contributed by atoms with Gasteiger partial charge < -0.3 is 51.0 Å². The first-order valence-corrected chi connectivity index (χ1v) is 2.07. The molecular weight excluding hydrogens is 243 g/mol. The molecule has 8 heteroatoms. The van der Waals surface area contributed by atoms with Crippen LogP contribution < -0.4 is 24.8 Å². The largest absolute Gasteiger partial charge is 4.00 e. The Morgan fingerprint density at radius 1 is 1.17 bits per heavy atom. The molecule has 0 aliphatic rings. The fraction of sp³-hybridized carbons (Fsp3) is 0.500. The van der Waals surface area contributed by atoms with Crippen LogP contribution in [0.3, 0.4) is 0 Å². The number of halogens is 2. The Balaban J connectivity index is -0.00000001000. The molecule has 0 unspecified atom stereocenters. The van der Waals surface area contributed by atoms with Gasteiger partial charge in [-0.3, -0.25) is 0 Å². The van der Waals surface area contributed by atoms with Crippen LogP contribution in [0.15, 0.2) is 0 Å². The zero-order valence-electron chi connectivity index (χ0n) is 6.38. The molecule has 0 bridgehead atoms. The molecule has 0 heterocycles. The molecule has 0 spiro atoms. The molecule has 0 saturated carbocycles. The average molecular weight is 253 g/mol. The van der Waals surface area contributed by atoms with Gasteiger partial charge in [-0.25, -0.2) is 0 Å². The molecule has 0 saturated heterocycles. The maximum Gasteiger partial charge on any atom is 4.00 e. The van der Waals surface area contributed by atoms with Crippen LogP contribution in [0.4, 0.5) is 0 Å². The van der Waals surface area contributed by atoms with Crippen molar-refractivity contribution in [1.29, 1.82) is 0 Å². The van der Waals surface area contributed by atoms with Crippen LogP contribution in [0.5, 0.6) is 0 Å². The zero-order chi connectivity index (χ0) is 8.12. The molecular formula is C4H10Cl2N2O3Ti. The summed E-state index contributed by atoms with van der Waals surface area (Å²) in [4.78, 5) is 16.9. The number of nitrogens with one attached hydrogen (secondary N) is 2. The van der Waals surface area contributed by atoms with Crippen molar-refractivity contribution < 1.29 is 61.2 Å². The molecule has 72 valence electrons. The molecule has 5 nitrogen and oxygen atoms in total. The molecule has 0 fully saturated rings. The van der Waals surface area contributed by atoms with E-state index in [0.29, 0.717) is 0 Å². The fourth-order valence-electron chi connectivity index (χ4n) is 0. The van der Waals surface area contributed by atoms with Gasteiger partial charge in [0.05, 0.1) is 0 Å². The summed E-state index contributed by atoms with van der Waals surface area (Å²) < 4.78 is 0. The quantitative estimate of drug-likeness (QED) is 0.344. The summed E-state index contributed by atoms with van der Waals surface area (Å²) >= 11 is 0. The van der Waals surface area contributed by atoms with Gasteiger partial charge in [-0.1, -0.05) is 0 Å². The minimum absolute atomic E-state index is 0. The fourth-order valence-corrected chi connectivity index (χ4v) is 0. The van der Waals surface area contributed by atoms with Crippen LogP contribution >= 0.6 is 0 Å². The Morgan fingerprint density at radius 3 is 1.17 bits per heavy atom. The van der Waals surface area contributed by atoms with Gasteiger partial charge in [0.1, 0.15) is 0 Å². The Labute approximate surface area is 99.0 Å². The normalized spacial score (nSPS) is 3.50. The van der Waals surface area contributed by atoms with Crippen LogP contribution in [0, 0.1) is 0 Å². The predicted molar refractivity (Wildman–Crippen MR) is 33.5 cm³/mol. The van der Waals surface area contributed by atoms with Crippen molar-refractivity contribution >= 4 is 12.8 Å². The number of carbonyl (C=O) groups is 2. The molecule has 0 rings (SSSR count). The maximum atomic E-state index is 8.47. The van der Waals surface area contributed by atoms with E-state index < -0.39 is 0 Å². The van der Waals surface area contributed by atoms with Crippen LogP contribution in [0.2, 0.25) is 0 Å². The second-order valence-corrected chi connectivity index (χ2v) is 0.552. The zero-order valence-corrected chi connectivity index (χ0v) is 9.45. The minimum atomic E-state index is 0. The van der Waals surface area contributed by atoms with Gasteiger partial charge >= 0.3 is 21.7 Å². The first-order chi connectivity index (χ1) is 4.24. The Hall–Kier alpha value is 0.194. The second kappa shape index (κ2) is 114. The van der Waals surface area contributed by atoms with Crippen molar-refractivity contribution in [1.82, 2.24) is 0 Å². The number of hydrogen-bond donors (Lipinski definition) is 1. The Kier molecular flexibility index (Phi) is 378. The van der Waals surface area contributed by atoms with Crippen LogP contribution in [-0.2, 0) is 31.3 Å². The van der Waals surface area contributed by atoms with E-state index in [-0.39, 0.29) is 66.0 Å². The van der Waals surface area contributed by atoms with Crippen molar-refractivity contribution in [2.75, 3.05) is 6.61 Å². The SMILES string of the molecule is CCO.[Cl-].[Cl-].[NH-]C=O.[NH-]C=O.[Ti+4]. The van der Waals surface area contributed by atoms with Crippen LogP contribution in [0.25, 0.3) is 11.5 Å². The van der Waals surface area contributed by atoms with Gasteiger partial charge in [-0.15, -0.1) is 0 Å². The van der Waals surface area contributed by atoms with E-state index >= 15 is 0 Å². The third-order valence-corrected chi connectivity index (χ3v) is 0. The first-order valence-electron chi connectivity index (χ1n) is 2.07. The number of hydrogen-bond acceptors (Lipinski definition) is 3. The van der Waals surface area contributed by atoms with Gasteiger partial charge in [-0.2, -0.15) is 0 Å². The first kappa shape index (κ1) is 39.8. The van der Waals surface area contributed by atoms with Crippen molar-refractivity contribution in [3.63, 3.8) is 0 Å². The molecule has 0 aromatic carbocycles. The molecule has 3 N–H and O–H groups in total. The van der Waals surface area contributed by atoms with E-state index in [4.69, 9.17) is 26.2 Å². The van der Waals surface area contributed by atoms with Crippen molar-refractivity contribution in [2.45, 2.75) is 6.92 Å². The van der Waals surface area contributed by atoms with E-state index in [2.05, 4.69) is 0 Å². The van der Waals surface area contributed by atoms with E-state index in [9.17, 15) is 0 Å². The van der Waals surface area contributed by atoms with Gasteiger partial charge in [0.2, 0.25) is 0 Å². The maximum absolute atomic E-state index is 8.47. The molecule has 0 aromatic rings. The second-order valence-electron chi connectivity index (χ2n) is 0.552. The molecule has 2 amide bonds. The standard InChI is InChI=1S/C2H6O.2CH3NO.2ClH.Ti/c1-2-3;2*2-1-3;;;/h3H,2H2,1H3;2*1H,(H2,2,3);2*1H;/q;;;;;+4/p-4. The smallest absolute Gasteiger partial charge is 1.00 e. The topological polar surface area (TPSA) is 102 Å². The minimum Gasteiger partial charge on any atom is -1.00 e. The summed E-state index contributed by atoms with van der Waals surface area (Å²) in [5.74, 6) is 0. The molecule has 0 atom stereocenters. The van der Waals surface area contributed by atoms with Crippen LogP contribution in [-0.4, -0.2) is 24.5 Å². The number of amides is 2. The van der Waals surface area contributed by atoms with Gasteiger partial charge in [-0.05, 0) is 6.92 Å². The predicted octanol–water partition coefficient (Wildman–Crippen LogP) is -5.61. The Bertz CT molecular complexity index is 55.6. The summed E-state index contributed by atoms with van der Waals surface area (Å²) in [5, 5.41) is 7.57. The van der Waals surface area contributed by atoms with Crippen LogP contribution in [0.1, 0.15) is 6.92 Å². The van der Waals surface area contributed by atoms with Crippen molar-refractivity contribution in [3.8, 4) is 0 Å². The number of aliphatic hydroxyl groups excluding tert-OH is 1. The number of rotatable bonds is 0. The van der Waals surface area contributed by atoms with E-state index in [1.54, 1.807) is 6.92 Å². The monoisotopic (exact) mass is 252 g/mol. The van der Waals surface area contributed by atoms with Crippen molar-refractivity contribution in [2.24, 2.45) is 0 Å². The summed E-state index contributed by atoms with van der Waals surface area (Å²) in [5.41, 5.74) is 11.1. The van der Waals surface area contributed by atoms with Gasteiger partial charge in [0.25, 0.3) is 0 Å². The average Bonchev–Trinajstić information content (AvgIpc) is 1.70. The van der Waals surface area contributed by atoms with E-state index in [0.717, 1.165) is 0 Å². The Morgan fingerprint density at radius 2 is 1.17 bits per heavy atom. The number of aliphatic hydroxyl groups is 1. The van der Waals surface area contributed by atoms with E-state index in [1.807, 2.05) is 0 Å². The summed E-state index contributed by atoms with van der Waals surface area (Å²) in [6, 6.07) is 0. The molecule has 0 aliphatic heterocycles. The molecule has 0 aliphatic carbocycles. The van der Waals surface area contributed by atoms with E-state index in [1.165, 1.54) is 0 Å². The van der Waals surface area contributed by atoms with Gasteiger partial charge in [0, 0.05) is 19.4 Å².